The number of hydrogen-bond acceptors (Lipinski definition) is 1. The highest BCUT2D eigenvalue weighted by Gasteiger charge is 2.33. The van der Waals surface area contributed by atoms with Crippen molar-refractivity contribution in [3.05, 3.63) is 35.1 Å². The monoisotopic (exact) mass is 235 g/mol. The van der Waals surface area contributed by atoms with Gasteiger partial charge in [-0.25, -0.2) is 4.39 Å². The maximum Gasteiger partial charge on any atom is 0.256 e. The summed E-state index contributed by atoms with van der Waals surface area (Å²) in [6, 6.07) is 4.95. The second-order valence-electron chi connectivity index (χ2n) is 4.98. The van der Waals surface area contributed by atoms with Gasteiger partial charge < -0.3 is 4.90 Å². The quantitative estimate of drug-likeness (QED) is 0.788. The molecule has 0 bridgehead atoms. The van der Waals surface area contributed by atoms with Crippen LogP contribution in [0.4, 0.5) is 4.39 Å². The van der Waals surface area contributed by atoms with E-state index in [0.717, 1.165) is 5.56 Å². The van der Waals surface area contributed by atoms with Crippen molar-refractivity contribution in [3.8, 4) is 0 Å². The van der Waals surface area contributed by atoms with E-state index in [1.807, 2.05) is 13.8 Å². The van der Waals surface area contributed by atoms with E-state index in [-0.39, 0.29) is 17.5 Å². The van der Waals surface area contributed by atoms with E-state index < -0.39 is 5.82 Å². The molecular weight excluding hydrogens is 217 g/mol. The number of aryl methyl sites for hydroxylation is 1. The summed E-state index contributed by atoms with van der Waals surface area (Å²) in [4.78, 5) is 13.8. The summed E-state index contributed by atoms with van der Waals surface area (Å²) in [5.74, 6) is -0.0517. The normalized spacial score (nSPS) is 16.7. The van der Waals surface area contributed by atoms with Crippen LogP contribution >= 0.6 is 0 Å². The average Bonchev–Trinajstić information content (AvgIpc) is 3.10. The third-order valence-corrected chi connectivity index (χ3v) is 3.59. The van der Waals surface area contributed by atoms with Crippen LogP contribution in [0.25, 0.3) is 0 Å². The minimum atomic E-state index is -0.426. The summed E-state index contributed by atoms with van der Waals surface area (Å²) < 4.78 is 13.7. The minimum absolute atomic E-state index is 0.172. The van der Waals surface area contributed by atoms with Gasteiger partial charge in [0, 0.05) is 13.1 Å². The topological polar surface area (TPSA) is 20.3 Å². The first-order valence-corrected chi connectivity index (χ1v) is 6.04. The Balaban J connectivity index is 2.18. The van der Waals surface area contributed by atoms with Gasteiger partial charge in [0.25, 0.3) is 5.91 Å². The Bertz CT molecular complexity index is 440. The highest BCUT2D eigenvalue weighted by molar-refractivity contribution is 5.94. The van der Waals surface area contributed by atoms with E-state index in [1.54, 1.807) is 24.1 Å². The van der Waals surface area contributed by atoms with Crippen molar-refractivity contribution in [3.63, 3.8) is 0 Å². The molecule has 1 unspecified atom stereocenters. The third kappa shape index (κ3) is 2.48. The fourth-order valence-corrected chi connectivity index (χ4v) is 2.06. The molecule has 0 radical (unpaired) electrons. The predicted octanol–water partition coefficient (Wildman–Crippen LogP) is 3.00. The molecule has 2 nitrogen and oxygen atoms in total. The number of hydrogen-bond donors (Lipinski definition) is 0. The molecule has 0 spiro atoms. The van der Waals surface area contributed by atoms with Crippen molar-refractivity contribution in [2.45, 2.75) is 32.7 Å². The predicted molar refractivity (Wildman–Crippen MR) is 65.4 cm³/mol. The largest absolute Gasteiger partial charge is 0.339 e. The molecule has 0 N–H and O–H groups in total. The van der Waals surface area contributed by atoms with Crippen LogP contribution in [-0.2, 0) is 0 Å². The highest BCUT2D eigenvalue weighted by atomic mass is 19.1. The zero-order valence-corrected chi connectivity index (χ0v) is 10.5. The van der Waals surface area contributed by atoms with Crippen LogP contribution in [0.2, 0.25) is 0 Å². The van der Waals surface area contributed by atoms with Crippen molar-refractivity contribution in [1.29, 1.82) is 0 Å². The molecule has 2 rings (SSSR count). The third-order valence-electron chi connectivity index (χ3n) is 3.59. The molecule has 1 atom stereocenters. The average molecular weight is 235 g/mol. The van der Waals surface area contributed by atoms with Gasteiger partial charge in [-0.05, 0) is 50.3 Å². The maximum atomic E-state index is 13.7. The number of carbonyl (C=O) groups is 1. The lowest BCUT2D eigenvalue weighted by Crippen LogP contribution is -2.36. The number of carbonyl (C=O) groups excluding carboxylic acids is 1. The molecule has 1 aromatic rings. The smallest absolute Gasteiger partial charge is 0.256 e. The molecule has 1 aromatic carbocycles. The van der Waals surface area contributed by atoms with Crippen LogP contribution in [0.5, 0.6) is 0 Å². The first-order chi connectivity index (χ1) is 8.00. The Morgan fingerprint density at radius 1 is 1.47 bits per heavy atom. The van der Waals surface area contributed by atoms with Crippen molar-refractivity contribution in [1.82, 2.24) is 4.90 Å². The van der Waals surface area contributed by atoms with Gasteiger partial charge in [-0.1, -0.05) is 6.07 Å². The lowest BCUT2D eigenvalue weighted by molar-refractivity contribution is 0.0722. The molecule has 3 heteroatoms. The zero-order chi connectivity index (χ0) is 12.6. The molecule has 1 aliphatic carbocycles. The van der Waals surface area contributed by atoms with Crippen LogP contribution in [0, 0.1) is 18.7 Å². The van der Waals surface area contributed by atoms with Gasteiger partial charge >= 0.3 is 0 Å². The molecule has 0 aromatic heterocycles. The van der Waals surface area contributed by atoms with Crippen molar-refractivity contribution in [2.75, 3.05) is 7.05 Å². The maximum absolute atomic E-state index is 13.7. The lowest BCUT2D eigenvalue weighted by atomic mass is 10.1. The van der Waals surface area contributed by atoms with Gasteiger partial charge in [0.05, 0.1) is 5.56 Å². The standard InChI is InChI=1S/C14H18FNO/c1-9-4-7-12(13(15)8-9)14(17)16(3)10(2)11-5-6-11/h4,7-8,10-11H,5-6H2,1-3H3. The molecule has 17 heavy (non-hydrogen) atoms. The van der Waals surface area contributed by atoms with Crippen molar-refractivity contribution < 1.29 is 9.18 Å². The molecule has 0 saturated heterocycles. The zero-order valence-electron chi connectivity index (χ0n) is 10.5. The van der Waals surface area contributed by atoms with E-state index in [1.165, 1.54) is 18.9 Å². The van der Waals surface area contributed by atoms with Crippen LogP contribution in [-0.4, -0.2) is 23.9 Å². The van der Waals surface area contributed by atoms with E-state index in [4.69, 9.17) is 0 Å². The Hall–Kier alpha value is -1.38. The number of nitrogens with zero attached hydrogens (tertiary/aromatic N) is 1. The fraction of sp³-hybridized carbons (Fsp3) is 0.500. The molecular formula is C14H18FNO. The SMILES string of the molecule is Cc1ccc(C(=O)N(C)C(C)C2CC2)c(F)c1. The summed E-state index contributed by atoms with van der Waals surface area (Å²) in [5, 5.41) is 0. The van der Waals surface area contributed by atoms with E-state index in [2.05, 4.69) is 0 Å². The van der Waals surface area contributed by atoms with Gasteiger partial charge in [0.2, 0.25) is 0 Å². The summed E-state index contributed by atoms with van der Waals surface area (Å²) in [5.41, 5.74) is 1.00. The molecule has 92 valence electrons. The van der Waals surface area contributed by atoms with Gasteiger partial charge in [-0.15, -0.1) is 0 Å². The van der Waals surface area contributed by atoms with Crippen LogP contribution in [0.15, 0.2) is 18.2 Å². The highest BCUT2D eigenvalue weighted by Crippen LogP contribution is 2.35. The summed E-state index contributed by atoms with van der Waals surface area (Å²) in [7, 11) is 1.75. The van der Waals surface area contributed by atoms with E-state index >= 15 is 0 Å². The Morgan fingerprint density at radius 3 is 2.65 bits per heavy atom. The molecule has 0 heterocycles. The Kier molecular flexibility index (Phi) is 3.18. The number of rotatable bonds is 3. The van der Waals surface area contributed by atoms with Gasteiger partial charge in [-0.2, -0.15) is 0 Å². The first-order valence-electron chi connectivity index (χ1n) is 6.04. The second kappa shape index (κ2) is 4.47. The van der Waals surface area contributed by atoms with Crippen LogP contribution in [0.3, 0.4) is 0 Å². The first kappa shape index (κ1) is 12.1. The molecule has 1 aliphatic rings. The molecule has 1 fully saturated rings. The number of amides is 1. The van der Waals surface area contributed by atoms with Gasteiger partial charge in [0.1, 0.15) is 5.82 Å². The molecule has 1 saturated carbocycles. The number of halogens is 1. The summed E-state index contributed by atoms with van der Waals surface area (Å²) in [6.07, 6.45) is 2.35. The minimum Gasteiger partial charge on any atom is -0.339 e. The van der Waals surface area contributed by atoms with Crippen LogP contribution < -0.4 is 0 Å². The van der Waals surface area contributed by atoms with Gasteiger partial charge in [0.15, 0.2) is 0 Å². The number of benzene rings is 1. The fourth-order valence-electron chi connectivity index (χ4n) is 2.06. The summed E-state index contributed by atoms with van der Waals surface area (Å²) >= 11 is 0. The second-order valence-corrected chi connectivity index (χ2v) is 4.98. The van der Waals surface area contributed by atoms with Crippen molar-refractivity contribution >= 4 is 5.91 Å². The van der Waals surface area contributed by atoms with Crippen molar-refractivity contribution in [2.24, 2.45) is 5.92 Å². The Morgan fingerprint density at radius 2 is 2.12 bits per heavy atom. The Labute approximate surface area is 101 Å². The van der Waals surface area contributed by atoms with E-state index in [0.29, 0.717) is 5.92 Å². The van der Waals surface area contributed by atoms with E-state index in [9.17, 15) is 9.18 Å². The molecule has 1 amide bonds. The summed E-state index contributed by atoms with van der Waals surface area (Å²) in [6.45, 7) is 3.84. The van der Waals surface area contributed by atoms with Crippen LogP contribution in [0.1, 0.15) is 35.7 Å². The van der Waals surface area contributed by atoms with Gasteiger partial charge in [-0.3, -0.25) is 4.79 Å². The molecule has 0 aliphatic heterocycles. The lowest BCUT2D eigenvalue weighted by Gasteiger charge is -2.25.